The van der Waals surface area contributed by atoms with Crippen LogP contribution in [0, 0.1) is 10.8 Å². The molecule has 0 saturated carbocycles. The Bertz CT molecular complexity index is 2130. The lowest BCUT2D eigenvalue weighted by Gasteiger charge is -2.18. The van der Waals surface area contributed by atoms with Crippen molar-refractivity contribution in [2.75, 3.05) is 11.5 Å². The molecule has 0 aliphatic heterocycles. The summed E-state index contributed by atoms with van der Waals surface area (Å²) >= 11 is 1.70. The minimum absolute atomic E-state index is 0.00487. The Balaban J connectivity index is 2.00. The number of unbranched alkanes of at least 4 members (excludes halogenated alkanes) is 4. The molecule has 0 fully saturated rings. The third-order valence-electron chi connectivity index (χ3n) is 9.89. The summed E-state index contributed by atoms with van der Waals surface area (Å²) in [7, 11) is 0. The molecule has 6 N–H and O–H groups in total. The number of carbonyl (C=O) groups is 6. The number of carboxylic acids is 2. The SMILES string of the molecule is CC(=N)CCCCCC(=O)Cc1cc(C(F)(F)F)cc(CC(=O)c2cc(C(=O)Cc3cc(C(F)(F)F)cc(CC(=O)CCCCCC(=N)N)c3SCCC(=O)O)ncn2)c1SCCC(=O)O. The Hall–Kier alpha value is -5.44. The second-order valence-corrected chi connectivity index (χ2v) is 17.8. The van der Waals surface area contributed by atoms with E-state index >= 15 is 0 Å². The summed E-state index contributed by atoms with van der Waals surface area (Å²) in [4.78, 5) is 84.4. The average molecular weight is 968 g/mol. The Labute approximate surface area is 385 Å². The van der Waals surface area contributed by atoms with Gasteiger partial charge in [-0.2, -0.15) is 26.3 Å². The molecule has 3 rings (SSSR count). The molecule has 0 bridgehead atoms. The number of Topliss-reactive ketones (excluding diaryl/α,β-unsaturated/α-hetero) is 4. The van der Waals surface area contributed by atoms with Gasteiger partial charge in [0, 0.05) is 72.0 Å². The number of aromatic nitrogens is 2. The van der Waals surface area contributed by atoms with Crippen molar-refractivity contribution in [3.8, 4) is 0 Å². The molecule has 21 heteroatoms. The van der Waals surface area contributed by atoms with Gasteiger partial charge in [0.1, 0.15) is 29.3 Å². The smallest absolute Gasteiger partial charge is 0.416 e. The van der Waals surface area contributed by atoms with Crippen LogP contribution in [0.2, 0.25) is 0 Å². The number of rotatable bonds is 30. The maximum absolute atomic E-state index is 14.3. The zero-order valence-corrected chi connectivity index (χ0v) is 37.7. The Morgan fingerprint density at radius 3 is 1.27 bits per heavy atom. The van der Waals surface area contributed by atoms with Crippen LogP contribution in [-0.2, 0) is 57.2 Å². The van der Waals surface area contributed by atoms with E-state index in [1.165, 1.54) is 0 Å². The van der Waals surface area contributed by atoms with E-state index in [0.29, 0.717) is 63.1 Å². The number of aliphatic carboxylic acids is 2. The lowest BCUT2D eigenvalue weighted by molar-refractivity contribution is -0.138. The quantitative estimate of drug-likeness (QED) is 0.0104. The molecule has 0 unspecified atom stereocenters. The predicted octanol–water partition coefficient (Wildman–Crippen LogP) is 9.60. The monoisotopic (exact) mass is 967 g/mol. The molecule has 0 aliphatic carbocycles. The minimum atomic E-state index is -4.93. The lowest BCUT2D eigenvalue weighted by atomic mass is 9.95. The number of halogens is 6. The number of nitrogens with one attached hydrogen (secondary N) is 2. The van der Waals surface area contributed by atoms with Gasteiger partial charge in [0.15, 0.2) is 11.6 Å². The van der Waals surface area contributed by atoms with Crippen molar-refractivity contribution in [2.45, 2.75) is 132 Å². The largest absolute Gasteiger partial charge is 0.481 e. The van der Waals surface area contributed by atoms with Crippen LogP contribution in [0.4, 0.5) is 26.3 Å². The number of benzene rings is 2. The van der Waals surface area contributed by atoms with E-state index in [2.05, 4.69) is 9.97 Å². The van der Waals surface area contributed by atoms with Crippen LogP contribution in [0.3, 0.4) is 0 Å². The molecule has 358 valence electrons. The maximum atomic E-state index is 14.3. The fourth-order valence-electron chi connectivity index (χ4n) is 6.71. The van der Waals surface area contributed by atoms with Gasteiger partial charge in [-0.3, -0.25) is 34.2 Å². The fraction of sp³-hybridized carbons (Fsp3) is 0.467. The minimum Gasteiger partial charge on any atom is -0.481 e. The molecule has 0 amide bonds. The van der Waals surface area contributed by atoms with E-state index in [0.717, 1.165) is 54.1 Å². The topological polar surface area (TPSA) is 242 Å². The van der Waals surface area contributed by atoms with Gasteiger partial charge in [0.05, 0.1) is 29.8 Å². The first-order valence-electron chi connectivity index (χ1n) is 20.9. The van der Waals surface area contributed by atoms with Crippen LogP contribution in [0.15, 0.2) is 46.5 Å². The number of hydrogen-bond acceptors (Lipinski definition) is 12. The average Bonchev–Trinajstić information content (AvgIpc) is 3.20. The molecule has 0 atom stereocenters. The zero-order chi connectivity index (χ0) is 49.2. The van der Waals surface area contributed by atoms with E-state index in [4.69, 9.17) is 16.6 Å². The number of alkyl halides is 6. The molecule has 3 aromatic rings. The predicted molar refractivity (Wildman–Crippen MR) is 236 cm³/mol. The summed E-state index contributed by atoms with van der Waals surface area (Å²) < 4.78 is 85.6. The number of amidine groups is 1. The Morgan fingerprint density at radius 1 is 0.561 bits per heavy atom. The standard InChI is InChI=1S/C45H51F6N5O8S2/c1-26(52)8-4-2-5-9-33(57)20-27-16-31(44(46,47)48)18-29(42(27)65-14-12-40(61)62)22-37(59)35-24-36(56-25-55-35)38(60)23-30-19-32(45(49,50)51)17-28(43(30)66-15-13-41(63)64)21-34(58)10-6-3-7-11-39(53)54/h16-19,24-25,52H,2-15,20-23H2,1H3,(H3,53,54)(H,61,62)(H,63,64). The highest BCUT2D eigenvalue weighted by atomic mass is 32.2. The summed E-state index contributed by atoms with van der Waals surface area (Å²) in [6.45, 7) is 1.65. The normalized spacial score (nSPS) is 11.6. The van der Waals surface area contributed by atoms with Crippen LogP contribution < -0.4 is 5.73 Å². The Kier molecular flexibility index (Phi) is 21.7. The highest BCUT2D eigenvalue weighted by molar-refractivity contribution is 7.99. The van der Waals surface area contributed by atoms with E-state index in [1.807, 2.05) is 0 Å². The summed E-state index contributed by atoms with van der Waals surface area (Å²) in [6.07, 6.45) is -8.25. The number of carboxylic acid groups (broad SMARTS) is 2. The lowest BCUT2D eigenvalue weighted by Crippen LogP contribution is -2.16. The van der Waals surface area contributed by atoms with Gasteiger partial charge in [0.2, 0.25) is 0 Å². The zero-order valence-electron chi connectivity index (χ0n) is 36.1. The van der Waals surface area contributed by atoms with Crippen LogP contribution in [0.1, 0.15) is 138 Å². The first-order valence-corrected chi connectivity index (χ1v) is 22.9. The van der Waals surface area contributed by atoms with E-state index in [-0.39, 0.29) is 62.2 Å². The third-order valence-corrected chi connectivity index (χ3v) is 12.3. The van der Waals surface area contributed by atoms with Gasteiger partial charge in [-0.25, -0.2) is 9.97 Å². The number of nitrogens with zero attached hydrogens (tertiary/aromatic N) is 2. The summed E-state index contributed by atoms with van der Waals surface area (Å²) in [5.74, 6) is -5.31. The van der Waals surface area contributed by atoms with E-state index in [1.54, 1.807) is 6.92 Å². The molecule has 66 heavy (non-hydrogen) atoms. The molecule has 0 aliphatic rings. The summed E-state index contributed by atoms with van der Waals surface area (Å²) in [5, 5.41) is 33.4. The molecule has 0 radical (unpaired) electrons. The number of hydrogen-bond donors (Lipinski definition) is 5. The van der Waals surface area contributed by atoms with Crippen molar-refractivity contribution < 1.29 is 65.3 Å². The second kappa shape index (κ2) is 26.0. The van der Waals surface area contributed by atoms with Crippen molar-refractivity contribution in [1.82, 2.24) is 9.97 Å². The van der Waals surface area contributed by atoms with Crippen molar-refractivity contribution in [3.63, 3.8) is 0 Å². The highest BCUT2D eigenvalue weighted by Gasteiger charge is 2.34. The highest BCUT2D eigenvalue weighted by Crippen LogP contribution is 2.39. The van der Waals surface area contributed by atoms with Gasteiger partial charge < -0.3 is 21.4 Å². The van der Waals surface area contributed by atoms with Gasteiger partial charge in [-0.1, -0.05) is 12.8 Å². The van der Waals surface area contributed by atoms with Crippen LogP contribution >= 0.6 is 23.5 Å². The molecular formula is C45H51F6N5O8S2. The van der Waals surface area contributed by atoms with Gasteiger partial charge in [-0.05, 0) is 91.6 Å². The van der Waals surface area contributed by atoms with Crippen molar-refractivity contribution in [3.05, 3.63) is 81.4 Å². The molecule has 0 spiro atoms. The van der Waals surface area contributed by atoms with Gasteiger partial charge >= 0.3 is 24.3 Å². The molecule has 2 aromatic carbocycles. The number of nitrogens with two attached hydrogens (primary N) is 1. The van der Waals surface area contributed by atoms with Crippen LogP contribution in [0.25, 0.3) is 0 Å². The molecule has 0 saturated heterocycles. The van der Waals surface area contributed by atoms with Crippen LogP contribution in [0.5, 0.6) is 0 Å². The first-order chi connectivity index (χ1) is 30.9. The molecule has 13 nitrogen and oxygen atoms in total. The second-order valence-electron chi connectivity index (χ2n) is 15.6. The van der Waals surface area contributed by atoms with E-state index in [9.17, 15) is 65.3 Å². The Morgan fingerprint density at radius 2 is 0.924 bits per heavy atom. The number of ketones is 4. The summed E-state index contributed by atoms with van der Waals surface area (Å²) in [6, 6.07) is 3.93. The number of thioether (sulfide) groups is 2. The van der Waals surface area contributed by atoms with Crippen molar-refractivity contribution in [1.29, 1.82) is 10.8 Å². The van der Waals surface area contributed by atoms with Crippen molar-refractivity contribution in [2.24, 2.45) is 5.73 Å². The van der Waals surface area contributed by atoms with Gasteiger partial charge in [-0.15, -0.1) is 23.5 Å². The van der Waals surface area contributed by atoms with E-state index < -0.39 is 108 Å². The maximum Gasteiger partial charge on any atom is 0.416 e. The first kappa shape index (κ1) is 54.9. The number of carbonyl (C=O) groups excluding carboxylic acids is 4. The van der Waals surface area contributed by atoms with Crippen molar-refractivity contribution >= 4 is 70.1 Å². The third kappa shape index (κ3) is 19.2. The van der Waals surface area contributed by atoms with Crippen LogP contribution in [-0.4, -0.2) is 78.3 Å². The fourth-order valence-corrected chi connectivity index (χ4v) is 8.94. The van der Waals surface area contributed by atoms with Gasteiger partial charge in [0.25, 0.3) is 0 Å². The summed E-state index contributed by atoms with van der Waals surface area (Å²) in [5.41, 5.74) is 2.06. The molecule has 1 heterocycles. The molecule has 1 aromatic heterocycles. The molecular weight excluding hydrogens is 917 g/mol.